The summed E-state index contributed by atoms with van der Waals surface area (Å²) < 4.78 is 0. The van der Waals surface area contributed by atoms with Crippen LogP contribution in [0, 0.1) is 5.92 Å². The van der Waals surface area contributed by atoms with Gasteiger partial charge >= 0.3 is 0 Å². The van der Waals surface area contributed by atoms with E-state index < -0.39 is 5.54 Å². The molecule has 0 heterocycles. The Bertz CT molecular complexity index is 208. The number of carbonyl (C=O) groups excluding carboxylic acids is 1. The van der Waals surface area contributed by atoms with Gasteiger partial charge in [-0.05, 0) is 25.7 Å². The predicted molar refractivity (Wildman–Crippen MR) is 62.5 cm³/mol. The maximum atomic E-state index is 11.6. The molecule has 88 valence electrons. The summed E-state index contributed by atoms with van der Waals surface area (Å²) in [6.45, 7) is 4.52. The van der Waals surface area contributed by atoms with E-state index in [0.29, 0.717) is 6.42 Å². The highest BCUT2D eigenvalue weighted by molar-refractivity contribution is 5.85. The van der Waals surface area contributed by atoms with Gasteiger partial charge in [-0.3, -0.25) is 4.79 Å². The molecule has 3 N–H and O–H groups in total. The Hall–Kier alpha value is -0.570. The van der Waals surface area contributed by atoms with Crippen LogP contribution >= 0.6 is 0 Å². The SMILES string of the molecule is CCC(C)(N)C(=O)NCCC1CCCC1. The Morgan fingerprint density at radius 1 is 1.47 bits per heavy atom. The molecule has 1 atom stereocenters. The average molecular weight is 212 g/mol. The molecule has 0 aromatic carbocycles. The molecule has 1 aliphatic rings. The number of hydrogen-bond donors (Lipinski definition) is 2. The van der Waals surface area contributed by atoms with Crippen LogP contribution in [0.3, 0.4) is 0 Å². The molecule has 0 aromatic heterocycles. The zero-order valence-electron chi connectivity index (χ0n) is 10.0. The van der Waals surface area contributed by atoms with Gasteiger partial charge in [0.15, 0.2) is 0 Å². The fourth-order valence-electron chi connectivity index (χ4n) is 2.05. The lowest BCUT2D eigenvalue weighted by atomic mass is 9.99. The van der Waals surface area contributed by atoms with E-state index >= 15 is 0 Å². The molecule has 0 aliphatic heterocycles. The summed E-state index contributed by atoms with van der Waals surface area (Å²) in [4.78, 5) is 11.6. The minimum absolute atomic E-state index is 0.0111. The first-order valence-electron chi connectivity index (χ1n) is 6.13. The van der Waals surface area contributed by atoms with Crippen LogP contribution in [0.1, 0.15) is 52.4 Å². The molecule has 1 unspecified atom stereocenters. The van der Waals surface area contributed by atoms with Crippen LogP contribution in [0.25, 0.3) is 0 Å². The lowest BCUT2D eigenvalue weighted by Crippen LogP contribution is -2.51. The van der Waals surface area contributed by atoms with E-state index in [1.807, 2.05) is 6.92 Å². The molecular formula is C12H24N2O. The zero-order chi connectivity index (χ0) is 11.3. The lowest BCUT2D eigenvalue weighted by molar-refractivity contribution is -0.125. The molecule has 3 nitrogen and oxygen atoms in total. The Kier molecular flexibility index (Phi) is 4.58. The van der Waals surface area contributed by atoms with Crippen molar-refractivity contribution in [3.8, 4) is 0 Å². The molecule has 3 heteroatoms. The summed E-state index contributed by atoms with van der Waals surface area (Å²) in [6, 6.07) is 0. The van der Waals surface area contributed by atoms with Gasteiger partial charge in [0.1, 0.15) is 0 Å². The Morgan fingerprint density at radius 3 is 2.60 bits per heavy atom. The summed E-state index contributed by atoms with van der Waals surface area (Å²) in [5, 5.41) is 2.94. The first-order valence-corrected chi connectivity index (χ1v) is 6.13. The highest BCUT2D eigenvalue weighted by Gasteiger charge is 2.25. The maximum Gasteiger partial charge on any atom is 0.239 e. The molecule has 0 saturated heterocycles. The van der Waals surface area contributed by atoms with Gasteiger partial charge in [0.05, 0.1) is 5.54 Å². The number of nitrogens with two attached hydrogens (primary N) is 1. The lowest BCUT2D eigenvalue weighted by Gasteiger charge is -2.22. The highest BCUT2D eigenvalue weighted by atomic mass is 16.2. The van der Waals surface area contributed by atoms with Crippen molar-refractivity contribution in [2.45, 2.75) is 57.9 Å². The number of hydrogen-bond acceptors (Lipinski definition) is 2. The van der Waals surface area contributed by atoms with Crippen LogP contribution in [0.5, 0.6) is 0 Å². The second-order valence-electron chi connectivity index (χ2n) is 4.97. The third-order valence-corrected chi connectivity index (χ3v) is 3.57. The Morgan fingerprint density at radius 2 is 2.07 bits per heavy atom. The molecule has 0 aromatic rings. The van der Waals surface area contributed by atoms with Gasteiger partial charge in [0.25, 0.3) is 0 Å². The molecule has 0 radical (unpaired) electrons. The topological polar surface area (TPSA) is 55.1 Å². The van der Waals surface area contributed by atoms with Crippen LogP contribution in [0.4, 0.5) is 0 Å². The molecule has 1 rings (SSSR count). The Balaban J connectivity index is 2.16. The van der Waals surface area contributed by atoms with Gasteiger partial charge in [-0.15, -0.1) is 0 Å². The monoisotopic (exact) mass is 212 g/mol. The molecule has 1 amide bonds. The molecule has 0 spiro atoms. The van der Waals surface area contributed by atoms with E-state index in [-0.39, 0.29) is 5.91 Å². The van der Waals surface area contributed by atoms with E-state index in [1.165, 1.54) is 25.7 Å². The van der Waals surface area contributed by atoms with Crippen LogP contribution in [-0.4, -0.2) is 18.0 Å². The summed E-state index contributed by atoms with van der Waals surface area (Å²) in [5.41, 5.74) is 5.14. The molecule has 0 bridgehead atoms. The fourth-order valence-corrected chi connectivity index (χ4v) is 2.05. The van der Waals surface area contributed by atoms with Gasteiger partial charge < -0.3 is 11.1 Å². The largest absolute Gasteiger partial charge is 0.355 e. The second kappa shape index (κ2) is 5.50. The van der Waals surface area contributed by atoms with Crippen LogP contribution < -0.4 is 11.1 Å². The van der Waals surface area contributed by atoms with Crippen molar-refractivity contribution >= 4 is 5.91 Å². The van der Waals surface area contributed by atoms with Crippen molar-refractivity contribution in [3.63, 3.8) is 0 Å². The first kappa shape index (κ1) is 12.5. The smallest absolute Gasteiger partial charge is 0.239 e. The van der Waals surface area contributed by atoms with Crippen LogP contribution in [0.2, 0.25) is 0 Å². The van der Waals surface area contributed by atoms with E-state index in [0.717, 1.165) is 18.9 Å². The van der Waals surface area contributed by atoms with Gasteiger partial charge in [0, 0.05) is 6.54 Å². The van der Waals surface area contributed by atoms with E-state index in [4.69, 9.17) is 5.73 Å². The standard InChI is InChI=1S/C12H24N2O/c1-3-12(2,13)11(15)14-9-8-10-6-4-5-7-10/h10H,3-9,13H2,1-2H3,(H,14,15). The average Bonchev–Trinajstić information content (AvgIpc) is 2.70. The minimum atomic E-state index is -0.699. The van der Waals surface area contributed by atoms with Gasteiger partial charge in [-0.1, -0.05) is 32.6 Å². The summed E-state index contributed by atoms with van der Waals surface area (Å²) in [5.74, 6) is 0.818. The van der Waals surface area contributed by atoms with Gasteiger partial charge in [0.2, 0.25) is 5.91 Å². The molecule has 1 fully saturated rings. The van der Waals surface area contributed by atoms with E-state index in [1.54, 1.807) is 6.92 Å². The highest BCUT2D eigenvalue weighted by Crippen LogP contribution is 2.26. The molecular weight excluding hydrogens is 188 g/mol. The first-order chi connectivity index (χ1) is 7.06. The van der Waals surface area contributed by atoms with Crippen molar-refractivity contribution in [1.82, 2.24) is 5.32 Å². The van der Waals surface area contributed by atoms with E-state index in [2.05, 4.69) is 5.32 Å². The zero-order valence-corrected chi connectivity index (χ0v) is 10.0. The number of rotatable bonds is 5. The summed E-state index contributed by atoms with van der Waals surface area (Å²) >= 11 is 0. The van der Waals surface area contributed by atoms with Crippen molar-refractivity contribution < 1.29 is 4.79 Å². The molecule has 15 heavy (non-hydrogen) atoms. The van der Waals surface area contributed by atoms with Crippen molar-refractivity contribution in [3.05, 3.63) is 0 Å². The van der Waals surface area contributed by atoms with Crippen molar-refractivity contribution in [1.29, 1.82) is 0 Å². The predicted octanol–water partition coefficient (Wildman–Crippen LogP) is 1.81. The number of amides is 1. The van der Waals surface area contributed by atoms with Crippen LogP contribution in [-0.2, 0) is 4.79 Å². The normalized spacial score (nSPS) is 21.3. The van der Waals surface area contributed by atoms with E-state index in [9.17, 15) is 4.79 Å². The summed E-state index contributed by atoms with van der Waals surface area (Å²) in [7, 11) is 0. The van der Waals surface area contributed by atoms with Crippen LogP contribution in [0.15, 0.2) is 0 Å². The van der Waals surface area contributed by atoms with Crippen molar-refractivity contribution in [2.24, 2.45) is 11.7 Å². The van der Waals surface area contributed by atoms with Gasteiger partial charge in [-0.25, -0.2) is 0 Å². The number of nitrogens with one attached hydrogen (secondary N) is 1. The Labute approximate surface area is 92.8 Å². The van der Waals surface area contributed by atoms with Crippen molar-refractivity contribution in [2.75, 3.05) is 6.54 Å². The van der Waals surface area contributed by atoms with Gasteiger partial charge in [-0.2, -0.15) is 0 Å². The minimum Gasteiger partial charge on any atom is -0.355 e. The quantitative estimate of drug-likeness (QED) is 0.730. The molecule has 1 aliphatic carbocycles. The fraction of sp³-hybridized carbons (Fsp3) is 0.917. The number of carbonyl (C=O) groups is 1. The molecule has 1 saturated carbocycles. The maximum absolute atomic E-state index is 11.6. The summed E-state index contributed by atoms with van der Waals surface area (Å²) in [6.07, 6.45) is 7.20. The second-order valence-corrected chi connectivity index (χ2v) is 4.97. The third kappa shape index (κ3) is 3.82. The third-order valence-electron chi connectivity index (χ3n) is 3.57.